The highest BCUT2D eigenvalue weighted by atomic mass is 16.3. The second kappa shape index (κ2) is 13.3. The maximum absolute atomic E-state index is 6.92. The van der Waals surface area contributed by atoms with Gasteiger partial charge in [-0.05, 0) is 71.7 Å². The molecule has 55 heavy (non-hydrogen) atoms. The molecule has 0 aliphatic heterocycles. The third kappa shape index (κ3) is 5.46. The average Bonchev–Trinajstić information content (AvgIpc) is 3.79. The first-order chi connectivity index (χ1) is 27.2. The van der Waals surface area contributed by atoms with Crippen LogP contribution in [0, 0.1) is 0 Å². The predicted octanol–water partition coefficient (Wildman–Crippen LogP) is 13.8. The van der Waals surface area contributed by atoms with Crippen molar-refractivity contribution in [2.45, 2.75) is 6.92 Å². The Balaban J connectivity index is 1.23. The molecule has 0 fully saturated rings. The molecule has 3 aromatic heterocycles. The summed E-state index contributed by atoms with van der Waals surface area (Å²) in [6.07, 6.45) is 7.92. The van der Waals surface area contributed by atoms with E-state index in [4.69, 9.17) is 14.4 Å². The fraction of sp³-hybridized carbons (Fsp3) is 0.0196. The molecular weight excluding hydrogens is 671 g/mol. The lowest BCUT2D eigenvalue weighted by Gasteiger charge is -2.11. The van der Waals surface area contributed by atoms with Crippen molar-refractivity contribution in [1.29, 1.82) is 0 Å². The van der Waals surface area contributed by atoms with Crippen LogP contribution in [0.1, 0.15) is 12.5 Å². The lowest BCUT2D eigenvalue weighted by atomic mass is 10.00. The summed E-state index contributed by atoms with van der Waals surface area (Å²) >= 11 is 0. The van der Waals surface area contributed by atoms with E-state index < -0.39 is 0 Å². The van der Waals surface area contributed by atoms with E-state index in [1.54, 1.807) is 6.08 Å². The number of rotatable bonds is 7. The zero-order valence-electron chi connectivity index (χ0n) is 30.3. The Labute approximate surface area is 318 Å². The van der Waals surface area contributed by atoms with E-state index in [1.165, 1.54) is 33.0 Å². The molecule has 4 heteroatoms. The van der Waals surface area contributed by atoms with E-state index in [-0.39, 0.29) is 0 Å². The van der Waals surface area contributed by atoms with Crippen LogP contribution < -0.4 is 0 Å². The van der Waals surface area contributed by atoms with E-state index in [2.05, 4.69) is 158 Å². The topological polar surface area (TPSA) is 43.9 Å². The molecule has 10 aromatic rings. The smallest absolute Gasteiger partial charge is 0.160 e. The summed E-state index contributed by atoms with van der Waals surface area (Å²) in [6.45, 7) is 5.97. The van der Waals surface area contributed by atoms with Crippen molar-refractivity contribution in [2.24, 2.45) is 0 Å². The van der Waals surface area contributed by atoms with Gasteiger partial charge >= 0.3 is 0 Å². The standard InChI is InChI=1S/C51H35N3O/c1-3-4-7-16-33(2)36-27-29-44-41(31-36)42-32-37(34-17-8-5-9-18-34)28-30-45(42)54(44)46-25-14-23-40-48-39(22-15-26-47(48)55-50(40)46)49-38-21-12-13-24-43(38)52-51(53-49)35-19-10-6-11-20-35/h3-32H,1H2,2H3/b7-4-,33-16+. The van der Waals surface area contributed by atoms with Crippen molar-refractivity contribution < 1.29 is 4.42 Å². The Morgan fingerprint density at radius 2 is 1.31 bits per heavy atom. The minimum atomic E-state index is 0.695. The number of nitrogens with zero attached hydrogens (tertiary/aromatic N) is 3. The number of aromatic nitrogens is 3. The number of para-hydroxylation sites is 2. The largest absolute Gasteiger partial charge is 0.454 e. The lowest BCUT2D eigenvalue weighted by molar-refractivity contribution is 0.666. The quantitative estimate of drug-likeness (QED) is 0.155. The summed E-state index contributed by atoms with van der Waals surface area (Å²) in [4.78, 5) is 10.2. The summed E-state index contributed by atoms with van der Waals surface area (Å²) in [5, 5.41) is 5.43. The average molecular weight is 706 g/mol. The highest BCUT2D eigenvalue weighted by molar-refractivity contribution is 6.17. The molecule has 0 atom stereocenters. The van der Waals surface area contributed by atoms with Crippen LogP contribution >= 0.6 is 0 Å². The predicted molar refractivity (Wildman–Crippen MR) is 230 cm³/mol. The number of hydrogen-bond acceptors (Lipinski definition) is 3. The molecule has 0 unspecified atom stereocenters. The minimum Gasteiger partial charge on any atom is -0.454 e. The van der Waals surface area contributed by atoms with Gasteiger partial charge in [0.25, 0.3) is 0 Å². The van der Waals surface area contributed by atoms with E-state index in [1.807, 2.05) is 36.4 Å². The van der Waals surface area contributed by atoms with E-state index in [9.17, 15) is 0 Å². The van der Waals surface area contributed by atoms with Crippen LogP contribution in [0.5, 0.6) is 0 Å². The van der Waals surface area contributed by atoms with Gasteiger partial charge in [-0.15, -0.1) is 0 Å². The summed E-state index contributed by atoms with van der Waals surface area (Å²) in [5.41, 5.74) is 13.3. The molecule has 7 aromatic carbocycles. The first kappa shape index (κ1) is 32.4. The van der Waals surface area contributed by atoms with Crippen molar-refractivity contribution >= 4 is 60.2 Å². The zero-order chi connectivity index (χ0) is 36.9. The molecule has 0 N–H and O–H groups in total. The number of furan rings is 1. The van der Waals surface area contributed by atoms with Gasteiger partial charge in [0.15, 0.2) is 11.4 Å². The molecule has 0 spiro atoms. The van der Waals surface area contributed by atoms with Crippen molar-refractivity contribution in [3.05, 3.63) is 194 Å². The first-order valence-corrected chi connectivity index (χ1v) is 18.5. The Hall–Kier alpha value is -7.30. The van der Waals surface area contributed by atoms with Crippen molar-refractivity contribution in [2.75, 3.05) is 0 Å². The summed E-state index contributed by atoms with van der Waals surface area (Å²) in [6, 6.07) is 55.3. The molecule has 0 saturated heterocycles. The normalized spacial score (nSPS) is 12.2. The molecule has 0 aliphatic rings. The first-order valence-electron chi connectivity index (χ1n) is 18.5. The highest BCUT2D eigenvalue weighted by Crippen LogP contribution is 2.43. The molecule has 3 heterocycles. The number of hydrogen-bond donors (Lipinski definition) is 0. The molecule has 10 rings (SSSR count). The fourth-order valence-electron chi connectivity index (χ4n) is 7.92. The maximum Gasteiger partial charge on any atom is 0.160 e. The fourth-order valence-corrected chi connectivity index (χ4v) is 7.92. The van der Waals surface area contributed by atoms with Gasteiger partial charge in [0.05, 0.1) is 27.9 Å². The second-order valence-electron chi connectivity index (χ2n) is 13.8. The molecule has 4 nitrogen and oxygen atoms in total. The van der Waals surface area contributed by atoms with Crippen LogP contribution in [-0.2, 0) is 0 Å². The molecular formula is C51H35N3O. The summed E-state index contributed by atoms with van der Waals surface area (Å²) in [7, 11) is 0. The van der Waals surface area contributed by atoms with Crippen LogP contribution in [-0.4, -0.2) is 14.5 Å². The number of allylic oxidation sites excluding steroid dienone is 5. The third-order valence-electron chi connectivity index (χ3n) is 10.6. The van der Waals surface area contributed by atoms with Gasteiger partial charge in [0.1, 0.15) is 5.58 Å². The van der Waals surface area contributed by atoms with Gasteiger partial charge in [0.2, 0.25) is 0 Å². The molecule has 0 saturated carbocycles. The monoisotopic (exact) mass is 705 g/mol. The van der Waals surface area contributed by atoms with Crippen LogP contribution in [0.2, 0.25) is 0 Å². The Morgan fingerprint density at radius 1 is 0.600 bits per heavy atom. The van der Waals surface area contributed by atoms with Crippen LogP contribution in [0.4, 0.5) is 0 Å². The van der Waals surface area contributed by atoms with Crippen molar-refractivity contribution in [3.8, 4) is 39.5 Å². The summed E-state index contributed by atoms with van der Waals surface area (Å²) < 4.78 is 9.27. The summed E-state index contributed by atoms with van der Waals surface area (Å²) in [5.74, 6) is 0.695. The zero-order valence-corrected chi connectivity index (χ0v) is 30.3. The van der Waals surface area contributed by atoms with Crippen LogP contribution in [0.3, 0.4) is 0 Å². The molecule has 0 amide bonds. The molecule has 0 bridgehead atoms. The van der Waals surface area contributed by atoms with E-state index >= 15 is 0 Å². The number of fused-ring (bicyclic) bond motifs is 7. The van der Waals surface area contributed by atoms with Crippen molar-refractivity contribution in [1.82, 2.24) is 14.5 Å². The van der Waals surface area contributed by atoms with Gasteiger partial charge in [0, 0.05) is 38.1 Å². The highest BCUT2D eigenvalue weighted by Gasteiger charge is 2.22. The van der Waals surface area contributed by atoms with Gasteiger partial charge < -0.3 is 8.98 Å². The number of benzene rings is 7. The molecule has 260 valence electrons. The Bertz CT molecular complexity index is 3160. The SMILES string of the molecule is C=C/C=C\C=C(/C)c1ccc2c(c1)c1cc(-c3ccccc3)ccc1n2-c1cccc2c1oc1cccc(-c3nc(-c4ccccc4)nc4ccccc34)c12. The van der Waals surface area contributed by atoms with Gasteiger partial charge in [-0.2, -0.15) is 0 Å². The van der Waals surface area contributed by atoms with Crippen LogP contribution in [0.25, 0.3) is 99.7 Å². The van der Waals surface area contributed by atoms with Gasteiger partial charge in [-0.1, -0.05) is 146 Å². The Morgan fingerprint density at radius 3 is 2.13 bits per heavy atom. The lowest BCUT2D eigenvalue weighted by Crippen LogP contribution is -1.95. The maximum atomic E-state index is 6.92. The second-order valence-corrected chi connectivity index (χ2v) is 13.8. The van der Waals surface area contributed by atoms with Crippen molar-refractivity contribution in [3.63, 3.8) is 0 Å². The van der Waals surface area contributed by atoms with Crippen LogP contribution in [0.15, 0.2) is 193 Å². The van der Waals surface area contributed by atoms with E-state index in [0.29, 0.717) is 5.82 Å². The Kier molecular flexibility index (Phi) is 7.81. The third-order valence-corrected chi connectivity index (χ3v) is 10.6. The van der Waals surface area contributed by atoms with Gasteiger partial charge in [-0.25, -0.2) is 9.97 Å². The van der Waals surface area contributed by atoms with E-state index in [0.717, 1.165) is 66.4 Å². The molecule has 0 radical (unpaired) electrons. The minimum absolute atomic E-state index is 0.695. The molecule has 0 aliphatic carbocycles. The van der Waals surface area contributed by atoms with Gasteiger partial charge in [-0.3, -0.25) is 0 Å².